The number of piperazine rings is 1. The molecule has 1 aromatic rings. The van der Waals surface area contributed by atoms with Gasteiger partial charge >= 0.3 is 0 Å². The van der Waals surface area contributed by atoms with Crippen LogP contribution in [0.1, 0.15) is 31.4 Å². The van der Waals surface area contributed by atoms with Gasteiger partial charge in [0.05, 0.1) is 0 Å². The lowest BCUT2D eigenvalue weighted by atomic mass is 10.0. The number of nitrogens with one attached hydrogen (secondary N) is 2. The minimum absolute atomic E-state index is 0. The second kappa shape index (κ2) is 12.1. The number of aliphatic imine (C=N–C) groups is 1. The lowest BCUT2D eigenvalue weighted by molar-refractivity contribution is 0.116. The largest absolute Gasteiger partial charge is 0.355 e. The number of hydrogen-bond donors (Lipinski definition) is 2. The second-order valence-electron chi connectivity index (χ2n) is 8.39. The molecule has 0 aromatic heterocycles. The molecule has 0 amide bonds. The zero-order valence-electron chi connectivity index (χ0n) is 18.5. The summed E-state index contributed by atoms with van der Waals surface area (Å²) >= 11 is 0. The van der Waals surface area contributed by atoms with Crippen LogP contribution in [-0.4, -0.2) is 93.2 Å². The van der Waals surface area contributed by atoms with Crippen LogP contribution in [0.15, 0.2) is 35.3 Å². The lowest BCUT2D eigenvalue weighted by Crippen LogP contribution is -2.56. The first kappa shape index (κ1) is 24.4. The Labute approximate surface area is 194 Å². The fourth-order valence-corrected chi connectivity index (χ4v) is 4.30. The van der Waals surface area contributed by atoms with Crippen LogP contribution in [-0.2, 0) is 0 Å². The fourth-order valence-electron chi connectivity index (χ4n) is 4.30. The standard InChI is InChI=1S/C22H38N6.HI/c1-18(19-8-6-5-7-9-19)28-12-10-20(11-13-28)25-22(23-2)24-16-21-17-26(3)14-15-27(21)4;/h5-9,18,20-21H,10-17H2,1-4H3,(H2,23,24,25);1H. The van der Waals surface area contributed by atoms with E-state index in [0.29, 0.717) is 18.1 Å². The molecule has 164 valence electrons. The normalized spacial score (nSPS) is 24.0. The molecule has 2 aliphatic heterocycles. The van der Waals surface area contributed by atoms with Crippen LogP contribution >= 0.6 is 24.0 Å². The Hall–Kier alpha value is -0.900. The molecule has 1 aromatic carbocycles. The average Bonchev–Trinajstić information content (AvgIpc) is 2.74. The van der Waals surface area contributed by atoms with E-state index in [1.807, 2.05) is 7.05 Å². The number of benzene rings is 1. The van der Waals surface area contributed by atoms with E-state index < -0.39 is 0 Å². The van der Waals surface area contributed by atoms with Crippen molar-refractivity contribution in [1.82, 2.24) is 25.3 Å². The Morgan fingerprint density at radius 2 is 1.79 bits per heavy atom. The van der Waals surface area contributed by atoms with Gasteiger partial charge in [-0.05, 0) is 39.4 Å². The maximum atomic E-state index is 4.46. The molecule has 2 saturated heterocycles. The molecule has 0 saturated carbocycles. The van der Waals surface area contributed by atoms with Gasteiger partial charge in [0.1, 0.15) is 0 Å². The number of hydrogen-bond acceptors (Lipinski definition) is 4. The van der Waals surface area contributed by atoms with Gasteiger partial charge in [-0.3, -0.25) is 14.8 Å². The van der Waals surface area contributed by atoms with E-state index >= 15 is 0 Å². The van der Waals surface area contributed by atoms with Crippen LogP contribution in [0.2, 0.25) is 0 Å². The van der Waals surface area contributed by atoms with Crippen LogP contribution in [0.3, 0.4) is 0 Å². The van der Waals surface area contributed by atoms with E-state index in [1.165, 1.54) is 5.56 Å². The van der Waals surface area contributed by atoms with Crippen molar-refractivity contribution in [3.05, 3.63) is 35.9 Å². The van der Waals surface area contributed by atoms with E-state index in [9.17, 15) is 0 Å². The summed E-state index contributed by atoms with van der Waals surface area (Å²) in [5.41, 5.74) is 1.41. The van der Waals surface area contributed by atoms with Gasteiger partial charge in [0.25, 0.3) is 0 Å². The van der Waals surface area contributed by atoms with Gasteiger partial charge in [0, 0.05) is 64.4 Å². The smallest absolute Gasteiger partial charge is 0.191 e. The van der Waals surface area contributed by atoms with Crippen LogP contribution in [0, 0.1) is 0 Å². The predicted molar refractivity (Wildman–Crippen MR) is 133 cm³/mol. The molecule has 2 atom stereocenters. The molecule has 2 N–H and O–H groups in total. The van der Waals surface area contributed by atoms with Crippen molar-refractivity contribution in [2.45, 2.75) is 37.9 Å². The van der Waals surface area contributed by atoms with Gasteiger partial charge < -0.3 is 15.5 Å². The van der Waals surface area contributed by atoms with E-state index in [0.717, 1.165) is 58.1 Å². The highest BCUT2D eigenvalue weighted by Crippen LogP contribution is 2.23. The molecule has 0 spiro atoms. The van der Waals surface area contributed by atoms with Crippen LogP contribution in [0.5, 0.6) is 0 Å². The molecule has 2 unspecified atom stereocenters. The minimum atomic E-state index is 0. The van der Waals surface area contributed by atoms with Crippen LogP contribution in [0.25, 0.3) is 0 Å². The first-order chi connectivity index (χ1) is 13.6. The van der Waals surface area contributed by atoms with Crippen LogP contribution in [0.4, 0.5) is 0 Å². The Kier molecular flexibility index (Phi) is 10.1. The zero-order valence-corrected chi connectivity index (χ0v) is 20.8. The summed E-state index contributed by atoms with van der Waals surface area (Å²) in [6, 6.07) is 12.4. The van der Waals surface area contributed by atoms with Crippen molar-refractivity contribution < 1.29 is 0 Å². The van der Waals surface area contributed by atoms with E-state index in [4.69, 9.17) is 0 Å². The molecule has 2 heterocycles. The molecular formula is C22H39IN6. The van der Waals surface area contributed by atoms with E-state index in [2.05, 4.69) is 81.7 Å². The van der Waals surface area contributed by atoms with Crippen molar-refractivity contribution in [2.24, 2.45) is 4.99 Å². The number of halogens is 1. The molecule has 0 radical (unpaired) electrons. The summed E-state index contributed by atoms with van der Waals surface area (Å²) in [5.74, 6) is 0.941. The Morgan fingerprint density at radius 3 is 2.45 bits per heavy atom. The average molecular weight is 515 g/mol. The Bertz CT molecular complexity index is 617. The molecular weight excluding hydrogens is 475 g/mol. The molecule has 6 nitrogen and oxygen atoms in total. The van der Waals surface area contributed by atoms with E-state index in [-0.39, 0.29) is 24.0 Å². The van der Waals surface area contributed by atoms with Gasteiger partial charge in [-0.25, -0.2) is 0 Å². The first-order valence-electron chi connectivity index (χ1n) is 10.7. The highest BCUT2D eigenvalue weighted by Gasteiger charge is 2.25. The van der Waals surface area contributed by atoms with Crippen molar-refractivity contribution in [2.75, 3.05) is 60.4 Å². The zero-order chi connectivity index (χ0) is 19.9. The second-order valence-corrected chi connectivity index (χ2v) is 8.39. The predicted octanol–water partition coefficient (Wildman–Crippen LogP) is 2.24. The highest BCUT2D eigenvalue weighted by atomic mass is 127. The summed E-state index contributed by atoms with van der Waals surface area (Å²) in [5, 5.41) is 7.20. The fraction of sp³-hybridized carbons (Fsp3) is 0.682. The Morgan fingerprint density at radius 1 is 1.10 bits per heavy atom. The molecule has 0 bridgehead atoms. The Balaban J connectivity index is 0.00000300. The van der Waals surface area contributed by atoms with Crippen molar-refractivity contribution in [3.63, 3.8) is 0 Å². The number of guanidine groups is 1. The highest BCUT2D eigenvalue weighted by molar-refractivity contribution is 14.0. The van der Waals surface area contributed by atoms with Crippen molar-refractivity contribution in [1.29, 1.82) is 0 Å². The van der Waals surface area contributed by atoms with E-state index in [1.54, 1.807) is 0 Å². The third-order valence-electron chi connectivity index (χ3n) is 6.41. The molecule has 7 heteroatoms. The van der Waals surface area contributed by atoms with Gasteiger partial charge in [-0.1, -0.05) is 30.3 Å². The van der Waals surface area contributed by atoms with Gasteiger partial charge in [0.2, 0.25) is 0 Å². The maximum Gasteiger partial charge on any atom is 0.191 e. The summed E-state index contributed by atoms with van der Waals surface area (Å²) in [6.07, 6.45) is 2.31. The molecule has 3 rings (SSSR count). The number of likely N-dealkylation sites (N-methyl/N-ethyl adjacent to an activating group) is 2. The summed E-state index contributed by atoms with van der Waals surface area (Å²) < 4.78 is 0. The minimum Gasteiger partial charge on any atom is -0.355 e. The summed E-state index contributed by atoms with van der Waals surface area (Å²) in [4.78, 5) is 11.9. The molecule has 29 heavy (non-hydrogen) atoms. The molecule has 2 fully saturated rings. The summed E-state index contributed by atoms with van der Waals surface area (Å²) in [6.45, 7) is 8.90. The molecule has 2 aliphatic rings. The number of nitrogens with zero attached hydrogens (tertiary/aromatic N) is 4. The van der Waals surface area contributed by atoms with Gasteiger partial charge in [-0.2, -0.15) is 0 Å². The molecule has 0 aliphatic carbocycles. The van der Waals surface area contributed by atoms with Crippen molar-refractivity contribution in [3.8, 4) is 0 Å². The maximum absolute atomic E-state index is 4.46. The monoisotopic (exact) mass is 514 g/mol. The number of piperidine rings is 1. The third-order valence-corrected chi connectivity index (χ3v) is 6.41. The topological polar surface area (TPSA) is 46.1 Å². The number of likely N-dealkylation sites (tertiary alicyclic amines) is 1. The number of rotatable bonds is 5. The van der Waals surface area contributed by atoms with Crippen LogP contribution < -0.4 is 10.6 Å². The van der Waals surface area contributed by atoms with Gasteiger partial charge in [0.15, 0.2) is 5.96 Å². The summed E-state index contributed by atoms with van der Waals surface area (Å²) in [7, 11) is 6.30. The van der Waals surface area contributed by atoms with Gasteiger partial charge in [-0.15, -0.1) is 24.0 Å². The SMILES string of the molecule is CN=C(NCC1CN(C)CCN1C)NC1CCN(C(C)c2ccccc2)CC1.I. The quantitative estimate of drug-likeness (QED) is 0.359. The first-order valence-corrected chi connectivity index (χ1v) is 10.7. The lowest BCUT2D eigenvalue weighted by Gasteiger charge is -2.39. The van der Waals surface area contributed by atoms with Crippen molar-refractivity contribution >= 4 is 29.9 Å². The third kappa shape index (κ3) is 7.08.